The number of fused-ring (bicyclic) bond motifs is 5. The molecule has 4 rings (SSSR count). The van der Waals surface area contributed by atoms with Gasteiger partial charge in [-0.3, -0.25) is 9.59 Å². The number of carbonyl (C=O) groups excluding carboxylic acids is 2. The van der Waals surface area contributed by atoms with Crippen molar-refractivity contribution in [3.8, 4) is 0 Å². The molecule has 1 unspecified atom stereocenters. The predicted molar refractivity (Wildman–Crippen MR) is 107 cm³/mol. The van der Waals surface area contributed by atoms with E-state index in [0.29, 0.717) is 17.8 Å². The highest BCUT2D eigenvalue weighted by Gasteiger charge is 2.62. The minimum atomic E-state index is -0.262. The molecular formula is C23H38N2O2. The molecule has 1 aliphatic heterocycles. The highest BCUT2D eigenvalue weighted by Crippen LogP contribution is 2.64. The third kappa shape index (κ3) is 3.02. The van der Waals surface area contributed by atoms with E-state index in [1.807, 2.05) is 20.8 Å². The van der Waals surface area contributed by atoms with Crippen LogP contribution in [-0.2, 0) is 9.59 Å². The van der Waals surface area contributed by atoms with Crippen molar-refractivity contribution in [3.05, 3.63) is 0 Å². The van der Waals surface area contributed by atoms with E-state index in [4.69, 9.17) is 0 Å². The van der Waals surface area contributed by atoms with Gasteiger partial charge in [0.25, 0.3) is 0 Å². The SMILES string of the molecule is CC(C)(C)NC(=O)C1CC(=O)N[C@@H]2CC[C@H]3[C@@H]4CCC[C@@]4(C)CC[C@@H]3[C@@]12C. The van der Waals surface area contributed by atoms with Crippen LogP contribution in [0.15, 0.2) is 0 Å². The van der Waals surface area contributed by atoms with E-state index in [9.17, 15) is 9.59 Å². The molecule has 4 fully saturated rings. The Morgan fingerprint density at radius 3 is 2.52 bits per heavy atom. The Morgan fingerprint density at radius 2 is 1.81 bits per heavy atom. The smallest absolute Gasteiger partial charge is 0.224 e. The van der Waals surface area contributed by atoms with Crippen molar-refractivity contribution in [1.29, 1.82) is 0 Å². The Kier molecular flexibility index (Phi) is 4.44. The molecule has 0 radical (unpaired) electrons. The van der Waals surface area contributed by atoms with Crippen molar-refractivity contribution in [2.45, 2.75) is 97.6 Å². The summed E-state index contributed by atoms with van der Waals surface area (Å²) in [7, 11) is 0. The van der Waals surface area contributed by atoms with Crippen LogP contribution < -0.4 is 10.6 Å². The first-order chi connectivity index (χ1) is 12.5. The first kappa shape index (κ1) is 19.3. The monoisotopic (exact) mass is 374 g/mol. The number of rotatable bonds is 1. The molecule has 3 aliphatic carbocycles. The molecule has 0 aromatic carbocycles. The van der Waals surface area contributed by atoms with Crippen molar-refractivity contribution in [1.82, 2.24) is 10.6 Å². The van der Waals surface area contributed by atoms with E-state index in [0.717, 1.165) is 18.3 Å². The molecule has 0 aromatic rings. The topological polar surface area (TPSA) is 58.2 Å². The van der Waals surface area contributed by atoms with Crippen molar-refractivity contribution in [2.75, 3.05) is 0 Å². The Hall–Kier alpha value is -1.06. The van der Waals surface area contributed by atoms with Gasteiger partial charge in [-0.2, -0.15) is 0 Å². The molecule has 7 atom stereocenters. The molecule has 4 aliphatic rings. The Labute approximate surface area is 164 Å². The van der Waals surface area contributed by atoms with E-state index in [1.54, 1.807) is 0 Å². The lowest BCUT2D eigenvalue weighted by Crippen LogP contribution is -2.67. The van der Waals surface area contributed by atoms with Gasteiger partial charge in [-0.15, -0.1) is 0 Å². The highest BCUT2D eigenvalue weighted by atomic mass is 16.2. The lowest BCUT2D eigenvalue weighted by Gasteiger charge is -2.61. The van der Waals surface area contributed by atoms with Gasteiger partial charge in [0, 0.05) is 23.4 Å². The zero-order valence-corrected chi connectivity index (χ0v) is 17.9. The second-order valence-electron chi connectivity index (χ2n) is 11.5. The largest absolute Gasteiger partial charge is 0.353 e. The lowest BCUT2D eigenvalue weighted by molar-refractivity contribution is -0.159. The fourth-order valence-corrected chi connectivity index (χ4v) is 7.60. The number of hydrogen-bond acceptors (Lipinski definition) is 2. The number of nitrogens with one attached hydrogen (secondary N) is 2. The van der Waals surface area contributed by atoms with Gasteiger partial charge >= 0.3 is 0 Å². The summed E-state index contributed by atoms with van der Waals surface area (Å²) >= 11 is 0. The van der Waals surface area contributed by atoms with Crippen molar-refractivity contribution < 1.29 is 9.59 Å². The maximum Gasteiger partial charge on any atom is 0.224 e. The molecule has 1 heterocycles. The predicted octanol–water partition coefficient (Wildman–Crippen LogP) is 4.04. The van der Waals surface area contributed by atoms with Crippen LogP contribution in [0, 0.1) is 34.5 Å². The first-order valence-corrected chi connectivity index (χ1v) is 11.2. The summed E-state index contributed by atoms with van der Waals surface area (Å²) in [6.45, 7) is 10.9. The van der Waals surface area contributed by atoms with Crippen molar-refractivity contribution >= 4 is 11.8 Å². The second kappa shape index (κ2) is 6.22. The van der Waals surface area contributed by atoms with Crippen LogP contribution in [0.25, 0.3) is 0 Å². The van der Waals surface area contributed by atoms with Crippen LogP contribution in [0.4, 0.5) is 0 Å². The van der Waals surface area contributed by atoms with Gasteiger partial charge in [0.1, 0.15) is 0 Å². The molecule has 0 aromatic heterocycles. The summed E-state index contributed by atoms with van der Waals surface area (Å²) in [5.74, 6) is 2.06. The van der Waals surface area contributed by atoms with Crippen LogP contribution in [0.5, 0.6) is 0 Å². The van der Waals surface area contributed by atoms with Crippen LogP contribution in [-0.4, -0.2) is 23.4 Å². The minimum Gasteiger partial charge on any atom is -0.353 e. The van der Waals surface area contributed by atoms with E-state index < -0.39 is 0 Å². The summed E-state index contributed by atoms with van der Waals surface area (Å²) in [5.41, 5.74) is 0.142. The summed E-state index contributed by atoms with van der Waals surface area (Å²) in [5, 5.41) is 6.49. The lowest BCUT2D eigenvalue weighted by atomic mass is 9.45. The molecule has 1 saturated heterocycles. The normalized spacial score (nSPS) is 46.7. The summed E-state index contributed by atoms with van der Waals surface area (Å²) in [6, 6.07) is 0.154. The highest BCUT2D eigenvalue weighted by molar-refractivity contribution is 5.88. The number of amides is 2. The quantitative estimate of drug-likeness (QED) is 0.728. The zero-order valence-electron chi connectivity index (χ0n) is 17.9. The van der Waals surface area contributed by atoms with Crippen molar-refractivity contribution in [2.24, 2.45) is 34.5 Å². The van der Waals surface area contributed by atoms with Crippen LogP contribution in [0.1, 0.15) is 86.0 Å². The van der Waals surface area contributed by atoms with Gasteiger partial charge in [-0.25, -0.2) is 0 Å². The fraction of sp³-hybridized carbons (Fsp3) is 0.913. The third-order valence-corrected chi connectivity index (χ3v) is 8.85. The standard InChI is InChI=1S/C23H38N2O2/c1-21(2,3)25-20(27)17-13-19(26)24-18-9-8-14-15-7-6-11-22(15,4)12-10-16(14)23(17,18)5/h14-18H,6-13H2,1-5H3,(H,24,26)(H,25,27)/t14-,15-,16-,17?,18+,22-,23-/m0/s1. The average molecular weight is 375 g/mol. The van der Waals surface area contributed by atoms with E-state index >= 15 is 0 Å². The van der Waals surface area contributed by atoms with Gasteiger partial charge in [0.2, 0.25) is 11.8 Å². The van der Waals surface area contributed by atoms with Crippen LogP contribution >= 0.6 is 0 Å². The molecule has 0 bridgehead atoms. The minimum absolute atomic E-state index is 0.0616. The molecule has 2 N–H and O–H groups in total. The number of carbonyl (C=O) groups is 2. The fourth-order valence-electron chi connectivity index (χ4n) is 7.60. The van der Waals surface area contributed by atoms with Gasteiger partial charge in [0.15, 0.2) is 0 Å². The van der Waals surface area contributed by atoms with Crippen LogP contribution in [0.3, 0.4) is 0 Å². The Bertz CT molecular complexity index is 639. The summed E-state index contributed by atoms with van der Waals surface area (Å²) < 4.78 is 0. The van der Waals surface area contributed by atoms with Crippen LogP contribution in [0.2, 0.25) is 0 Å². The molecule has 2 amide bonds. The summed E-state index contributed by atoms with van der Waals surface area (Å²) in [4.78, 5) is 25.7. The molecule has 0 spiro atoms. The zero-order chi connectivity index (χ0) is 19.6. The number of hydrogen-bond donors (Lipinski definition) is 2. The molecule has 3 saturated carbocycles. The number of piperidine rings is 1. The van der Waals surface area contributed by atoms with E-state index in [-0.39, 0.29) is 34.7 Å². The maximum absolute atomic E-state index is 13.3. The molecule has 27 heavy (non-hydrogen) atoms. The van der Waals surface area contributed by atoms with Crippen molar-refractivity contribution in [3.63, 3.8) is 0 Å². The Morgan fingerprint density at radius 1 is 1.07 bits per heavy atom. The van der Waals surface area contributed by atoms with Gasteiger partial charge < -0.3 is 10.6 Å². The molecule has 4 nitrogen and oxygen atoms in total. The maximum atomic E-state index is 13.3. The molecule has 152 valence electrons. The molecular weight excluding hydrogens is 336 g/mol. The van der Waals surface area contributed by atoms with E-state index in [2.05, 4.69) is 24.5 Å². The van der Waals surface area contributed by atoms with Gasteiger partial charge in [-0.1, -0.05) is 20.3 Å². The Balaban J connectivity index is 1.67. The first-order valence-electron chi connectivity index (χ1n) is 11.2. The van der Waals surface area contributed by atoms with Gasteiger partial charge in [-0.05, 0) is 82.5 Å². The van der Waals surface area contributed by atoms with E-state index in [1.165, 1.54) is 38.5 Å². The van der Waals surface area contributed by atoms with Gasteiger partial charge in [0.05, 0.1) is 5.92 Å². The second-order valence-corrected chi connectivity index (χ2v) is 11.5. The average Bonchev–Trinajstić information content (AvgIpc) is 2.95. The molecule has 4 heteroatoms. The third-order valence-electron chi connectivity index (χ3n) is 8.85. The summed E-state index contributed by atoms with van der Waals surface area (Å²) in [6.07, 6.45) is 9.24.